The lowest BCUT2D eigenvalue weighted by atomic mass is 9.92. The molecule has 0 amide bonds. The van der Waals surface area contributed by atoms with Gasteiger partial charge < -0.3 is 9.84 Å². The van der Waals surface area contributed by atoms with Crippen LogP contribution < -0.4 is 0 Å². The van der Waals surface area contributed by atoms with Crippen molar-refractivity contribution in [1.29, 1.82) is 0 Å². The highest BCUT2D eigenvalue weighted by Crippen LogP contribution is 2.38. The van der Waals surface area contributed by atoms with E-state index in [0.29, 0.717) is 0 Å². The number of rotatable bonds is 3. The van der Waals surface area contributed by atoms with Gasteiger partial charge in [-0.15, -0.1) is 11.3 Å². The standard InChI is InChI=1S/C11H15BrO2S/c1-2-8-7(5-6-14-8)11(13)9-3-4-10(12)15-9/h3-4,7-8,11,13H,2,5-6H2,1H3. The lowest BCUT2D eigenvalue weighted by Crippen LogP contribution is -2.21. The molecule has 3 unspecified atom stereocenters. The Kier molecular flexibility index (Phi) is 3.83. The molecule has 1 N–H and O–H groups in total. The molecule has 15 heavy (non-hydrogen) atoms. The number of ether oxygens (including phenoxy) is 1. The van der Waals surface area contributed by atoms with Crippen LogP contribution in [0.1, 0.15) is 30.7 Å². The third-order valence-corrected chi connectivity index (χ3v) is 4.65. The Hall–Kier alpha value is 0.1000. The average Bonchev–Trinajstić information content (AvgIpc) is 2.84. The van der Waals surface area contributed by atoms with Gasteiger partial charge >= 0.3 is 0 Å². The van der Waals surface area contributed by atoms with Crippen LogP contribution in [0.3, 0.4) is 0 Å². The van der Waals surface area contributed by atoms with Gasteiger partial charge in [-0.05, 0) is 40.9 Å². The second kappa shape index (κ2) is 4.95. The summed E-state index contributed by atoms with van der Waals surface area (Å²) in [7, 11) is 0. The predicted molar refractivity (Wildman–Crippen MR) is 65.1 cm³/mol. The van der Waals surface area contributed by atoms with Gasteiger partial charge in [-0.3, -0.25) is 0 Å². The van der Waals surface area contributed by atoms with Gasteiger partial charge in [0.1, 0.15) is 0 Å². The Morgan fingerprint density at radius 2 is 2.47 bits per heavy atom. The fraction of sp³-hybridized carbons (Fsp3) is 0.636. The molecule has 1 aliphatic heterocycles. The quantitative estimate of drug-likeness (QED) is 0.925. The number of aliphatic hydroxyl groups excluding tert-OH is 1. The third kappa shape index (κ3) is 2.44. The SMILES string of the molecule is CCC1OCCC1C(O)c1ccc(Br)s1. The summed E-state index contributed by atoms with van der Waals surface area (Å²) in [6.45, 7) is 2.90. The molecule has 1 saturated heterocycles. The zero-order valence-corrected chi connectivity index (χ0v) is 11.1. The van der Waals surface area contributed by atoms with Crippen LogP contribution >= 0.6 is 27.3 Å². The molecule has 2 nitrogen and oxygen atoms in total. The second-order valence-electron chi connectivity index (χ2n) is 3.86. The molecule has 0 aromatic carbocycles. The fourth-order valence-electron chi connectivity index (χ4n) is 2.15. The van der Waals surface area contributed by atoms with Crippen molar-refractivity contribution in [2.45, 2.75) is 32.0 Å². The average molecular weight is 291 g/mol. The van der Waals surface area contributed by atoms with Crippen molar-refractivity contribution in [3.63, 3.8) is 0 Å². The van der Waals surface area contributed by atoms with Crippen LogP contribution in [0.15, 0.2) is 15.9 Å². The Morgan fingerprint density at radius 3 is 3.07 bits per heavy atom. The van der Waals surface area contributed by atoms with Crippen molar-refractivity contribution >= 4 is 27.3 Å². The van der Waals surface area contributed by atoms with Crippen LogP contribution in [-0.4, -0.2) is 17.8 Å². The lowest BCUT2D eigenvalue weighted by molar-refractivity contribution is 0.0322. The van der Waals surface area contributed by atoms with Crippen molar-refractivity contribution in [2.24, 2.45) is 5.92 Å². The second-order valence-corrected chi connectivity index (χ2v) is 6.35. The molecule has 0 spiro atoms. The van der Waals surface area contributed by atoms with Gasteiger partial charge in [0.05, 0.1) is 16.0 Å². The normalized spacial score (nSPS) is 28.2. The van der Waals surface area contributed by atoms with E-state index >= 15 is 0 Å². The first-order valence-electron chi connectivity index (χ1n) is 5.27. The first kappa shape index (κ1) is 11.6. The minimum atomic E-state index is -0.367. The topological polar surface area (TPSA) is 29.5 Å². The minimum absolute atomic E-state index is 0.223. The van der Waals surface area contributed by atoms with Crippen molar-refractivity contribution in [1.82, 2.24) is 0 Å². The largest absolute Gasteiger partial charge is 0.387 e. The van der Waals surface area contributed by atoms with E-state index in [9.17, 15) is 5.11 Å². The highest BCUT2D eigenvalue weighted by atomic mass is 79.9. The van der Waals surface area contributed by atoms with Crippen LogP contribution in [-0.2, 0) is 4.74 Å². The lowest BCUT2D eigenvalue weighted by Gasteiger charge is -2.21. The maximum atomic E-state index is 10.2. The summed E-state index contributed by atoms with van der Waals surface area (Å²) in [6.07, 6.45) is 1.80. The summed E-state index contributed by atoms with van der Waals surface area (Å²) >= 11 is 5.02. The molecule has 0 saturated carbocycles. The van der Waals surface area contributed by atoms with Crippen LogP contribution in [0.25, 0.3) is 0 Å². The predicted octanol–water partition coefficient (Wildman–Crippen LogP) is 3.36. The van der Waals surface area contributed by atoms with Crippen molar-refractivity contribution < 1.29 is 9.84 Å². The molecule has 1 fully saturated rings. The van der Waals surface area contributed by atoms with Crippen molar-refractivity contribution in [3.05, 3.63) is 20.8 Å². The Morgan fingerprint density at radius 1 is 1.67 bits per heavy atom. The Balaban J connectivity index is 2.10. The highest BCUT2D eigenvalue weighted by molar-refractivity contribution is 9.11. The molecule has 3 atom stereocenters. The molecular weight excluding hydrogens is 276 g/mol. The Bertz CT molecular complexity index is 326. The van der Waals surface area contributed by atoms with Gasteiger partial charge in [-0.1, -0.05) is 6.92 Å². The summed E-state index contributed by atoms with van der Waals surface area (Å²) in [5.41, 5.74) is 0. The number of aliphatic hydroxyl groups is 1. The molecular formula is C11H15BrO2S. The third-order valence-electron chi connectivity index (χ3n) is 2.95. The monoisotopic (exact) mass is 290 g/mol. The molecule has 0 bridgehead atoms. The number of halogens is 1. The van der Waals surface area contributed by atoms with Crippen LogP contribution in [0.4, 0.5) is 0 Å². The van der Waals surface area contributed by atoms with E-state index in [2.05, 4.69) is 22.9 Å². The van der Waals surface area contributed by atoms with Crippen molar-refractivity contribution in [2.75, 3.05) is 6.61 Å². The van der Waals surface area contributed by atoms with Gasteiger partial charge in [-0.25, -0.2) is 0 Å². The van der Waals surface area contributed by atoms with E-state index < -0.39 is 0 Å². The molecule has 4 heteroatoms. The summed E-state index contributed by atoms with van der Waals surface area (Å²) in [5.74, 6) is 0.264. The maximum Gasteiger partial charge on any atom is 0.0936 e. The first-order chi connectivity index (χ1) is 7.22. The first-order valence-corrected chi connectivity index (χ1v) is 6.88. The minimum Gasteiger partial charge on any atom is -0.387 e. The van der Waals surface area contributed by atoms with Gasteiger partial charge in [0.25, 0.3) is 0 Å². The van der Waals surface area contributed by atoms with E-state index in [1.54, 1.807) is 11.3 Å². The smallest absolute Gasteiger partial charge is 0.0936 e. The zero-order chi connectivity index (χ0) is 10.8. The number of thiophene rings is 1. The molecule has 2 rings (SSSR count). The molecule has 0 aliphatic carbocycles. The van der Waals surface area contributed by atoms with Crippen LogP contribution in [0.2, 0.25) is 0 Å². The van der Waals surface area contributed by atoms with E-state index in [1.807, 2.05) is 12.1 Å². The zero-order valence-electron chi connectivity index (χ0n) is 8.65. The number of hydrogen-bond donors (Lipinski definition) is 1. The summed E-state index contributed by atoms with van der Waals surface area (Å²) in [6, 6.07) is 3.98. The van der Waals surface area contributed by atoms with E-state index in [1.165, 1.54) is 0 Å². The van der Waals surface area contributed by atoms with Gasteiger partial charge in [0.15, 0.2) is 0 Å². The molecule has 0 radical (unpaired) electrons. The Labute approximate surface area is 102 Å². The number of hydrogen-bond acceptors (Lipinski definition) is 3. The molecule has 2 heterocycles. The molecule has 1 aliphatic rings. The fourth-order valence-corrected chi connectivity index (χ4v) is 3.63. The van der Waals surface area contributed by atoms with Gasteiger partial charge in [0.2, 0.25) is 0 Å². The highest BCUT2D eigenvalue weighted by Gasteiger charge is 2.33. The van der Waals surface area contributed by atoms with Gasteiger partial charge in [-0.2, -0.15) is 0 Å². The van der Waals surface area contributed by atoms with Gasteiger partial charge in [0, 0.05) is 17.4 Å². The molecule has 1 aromatic rings. The maximum absolute atomic E-state index is 10.2. The summed E-state index contributed by atoms with van der Waals surface area (Å²) < 4.78 is 6.67. The van der Waals surface area contributed by atoms with E-state index in [-0.39, 0.29) is 18.1 Å². The molecule has 84 valence electrons. The van der Waals surface area contributed by atoms with Crippen molar-refractivity contribution in [3.8, 4) is 0 Å². The van der Waals surface area contributed by atoms with Crippen LogP contribution in [0.5, 0.6) is 0 Å². The molecule has 1 aromatic heterocycles. The van der Waals surface area contributed by atoms with E-state index in [4.69, 9.17) is 4.74 Å². The van der Waals surface area contributed by atoms with Crippen LogP contribution in [0, 0.1) is 5.92 Å². The van der Waals surface area contributed by atoms with E-state index in [0.717, 1.165) is 28.1 Å². The summed E-state index contributed by atoms with van der Waals surface area (Å²) in [5, 5.41) is 10.2. The summed E-state index contributed by atoms with van der Waals surface area (Å²) in [4.78, 5) is 1.04.